The Kier molecular flexibility index (Phi) is 5.93. The summed E-state index contributed by atoms with van der Waals surface area (Å²) in [6.07, 6.45) is 5.25. The molecule has 0 N–H and O–H groups in total. The van der Waals surface area contributed by atoms with Gasteiger partial charge in [-0.15, -0.1) is 0 Å². The van der Waals surface area contributed by atoms with Crippen molar-refractivity contribution >= 4 is 5.78 Å². The van der Waals surface area contributed by atoms with Gasteiger partial charge in [0, 0.05) is 12.0 Å². The number of Topliss-reactive ketones (excluding diaryl/α,β-unsaturated/α-hetero) is 1. The third-order valence-electron chi connectivity index (χ3n) is 6.16. The Morgan fingerprint density at radius 3 is 1.85 bits per heavy atom. The molecule has 2 heteroatoms. The second kappa shape index (κ2) is 8.18. The molecule has 2 nitrogen and oxygen atoms in total. The molecule has 26 heavy (non-hydrogen) atoms. The van der Waals surface area contributed by atoms with Crippen LogP contribution in [0.1, 0.15) is 50.2 Å². The van der Waals surface area contributed by atoms with Gasteiger partial charge in [-0.2, -0.15) is 0 Å². The lowest BCUT2D eigenvalue weighted by Crippen LogP contribution is -2.45. The zero-order chi connectivity index (χ0) is 18.6. The van der Waals surface area contributed by atoms with Crippen molar-refractivity contribution in [3.8, 4) is 0 Å². The molecule has 3 rings (SSSR count). The quantitative estimate of drug-likeness (QED) is 0.695. The molecule has 0 saturated heterocycles. The highest BCUT2D eigenvalue weighted by atomic mass is 16.1. The predicted octanol–water partition coefficient (Wildman–Crippen LogP) is 5.07. The van der Waals surface area contributed by atoms with Gasteiger partial charge in [0.15, 0.2) is 5.78 Å². The van der Waals surface area contributed by atoms with E-state index in [0.717, 1.165) is 30.4 Å². The molecule has 0 aliphatic heterocycles. The summed E-state index contributed by atoms with van der Waals surface area (Å²) in [5, 5.41) is 0. The third kappa shape index (κ3) is 3.61. The molecule has 0 aromatic heterocycles. The van der Waals surface area contributed by atoms with Crippen molar-refractivity contribution in [1.82, 2.24) is 4.90 Å². The van der Waals surface area contributed by atoms with Crippen LogP contribution in [0.25, 0.3) is 0 Å². The van der Waals surface area contributed by atoms with Gasteiger partial charge < -0.3 is 4.90 Å². The fourth-order valence-corrected chi connectivity index (χ4v) is 4.39. The summed E-state index contributed by atoms with van der Waals surface area (Å²) in [4.78, 5) is 16.2. The molecule has 2 aromatic carbocycles. The summed E-state index contributed by atoms with van der Waals surface area (Å²) in [5.41, 5.74) is 1.70. The maximum atomic E-state index is 14.0. The van der Waals surface area contributed by atoms with E-state index in [0.29, 0.717) is 11.8 Å². The number of carbonyl (C=O) groups is 1. The van der Waals surface area contributed by atoms with Gasteiger partial charge in [0.25, 0.3) is 0 Å². The van der Waals surface area contributed by atoms with Crippen LogP contribution >= 0.6 is 0 Å². The molecule has 0 radical (unpaired) electrons. The normalized spacial score (nSPS) is 16.8. The number of benzene rings is 2. The zero-order valence-electron chi connectivity index (χ0n) is 16.3. The number of hydrogen-bond acceptors (Lipinski definition) is 2. The van der Waals surface area contributed by atoms with Crippen molar-refractivity contribution < 1.29 is 4.79 Å². The molecule has 1 aliphatic rings. The van der Waals surface area contributed by atoms with Crippen LogP contribution in [-0.2, 0) is 10.2 Å². The topological polar surface area (TPSA) is 20.3 Å². The molecule has 0 spiro atoms. The second-order valence-electron chi connectivity index (χ2n) is 8.00. The molecule has 1 aliphatic carbocycles. The molecule has 2 aromatic rings. The van der Waals surface area contributed by atoms with Crippen LogP contribution in [-0.4, -0.2) is 30.8 Å². The van der Waals surface area contributed by atoms with Gasteiger partial charge in [-0.3, -0.25) is 4.79 Å². The Labute approximate surface area is 158 Å². The summed E-state index contributed by atoms with van der Waals surface area (Å²) in [5.74, 6) is 0.603. The molecule has 0 unspecified atom stereocenters. The van der Waals surface area contributed by atoms with Gasteiger partial charge >= 0.3 is 0 Å². The molecule has 0 bridgehead atoms. The Bertz CT molecular complexity index is 662. The lowest BCUT2D eigenvalue weighted by atomic mass is 9.64. The monoisotopic (exact) mass is 349 g/mol. The predicted molar refractivity (Wildman–Crippen MR) is 108 cm³/mol. The van der Waals surface area contributed by atoms with Gasteiger partial charge in [-0.1, -0.05) is 73.5 Å². The van der Waals surface area contributed by atoms with E-state index in [4.69, 9.17) is 0 Å². The minimum Gasteiger partial charge on any atom is -0.307 e. The van der Waals surface area contributed by atoms with Crippen molar-refractivity contribution in [3.05, 3.63) is 71.8 Å². The van der Waals surface area contributed by atoms with Crippen LogP contribution in [0.15, 0.2) is 60.7 Å². The summed E-state index contributed by atoms with van der Waals surface area (Å²) in [6.45, 7) is 2.22. The van der Waals surface area contributed by atoms with Crippen molar-refractivity contribution in [2.75, 3.05) is 14.1 Å². The standard InChI is InChI=1S/C24H31NO/c1-19(25(2)3)18-24(21-14-6-4-7-15-21,22-16-8-5-9-17-22)23(26)20-12-10-11-13-20/h4-9,14-17,19-20H,10-13,18H2,1-3H3/t19-/m0/s1. The first-order valence-electron chi connectivity index (χ1n) is 9.87. The van der Waals surface area contributed by atoms with E-state index in [9.17, 15) is 4.79 Å². The summed E-state index contributed by atoms with van der Waals surface area (Å²) >= 11 is 0. The van der Waals surface area contributed by atoms with Crippen LogP contribution in [0.2, 0.25) is 0 Å². The van der Waals surface area contributed by atoms with E-state index in [1.54, 1.807) is 0 Å². The number of ketones is 1. The highest BCUT2D eigenvalue weighted by Crippen LogP contribution is 2.43. The smallest absolute Gasteiger partial charge is 0.150 e. The van der Waals surface area contributed by atoms with Crippen LogP contribution in [0.5, 0.6) is 0 Å². The van der Waals surface area contributed by atoms with E-state index in [1.165, 1.54) is 12.8 Å². The first kappa shape index (κ1) is 18.8. The lowest BCUT2D eigenvalue weighted by molar-refractivity contribution is -0.127. The van der Waals surface area contributed by atoms with E-state index in [1.807, 2.05) is 12.1 Å². The third-order valence-corrected chi connectivity index (χ3v) is 6.16. The Morgan fingerprint density at radius 1 is 0.962 bits per heavy atom. The highest BCUT2D eigenvalue weighted by Gasteiger charge is 2.46. The first-order chi connectivity index (χ1) is 12.6. The molecule has 1 atom stereocenters. The highest BCUT2D eigenvalue weighted by molar-refractivity contribution is 5.95. The zero-order valence-corrected chi connectivity index (χ0v) is 16.3. The van der Waals surface area contributed by atoms with Crippen molar-refractivity contribution in [2.45, 2.75) is 50.5 Å². The average molecular weight is 350 g/mol. The summed E-state index contributed by atoms with van der Waals surface area (Å²) in [6, 6.07) is 21.2. The fraction of sp³-hybridized carbons (Fsp3) is 0.458. The van der Waals surface area contributed by atoms with Gasteiger partial charge in [0.05, 0.1) is 5.41 Å². The molecular weight excluding hydrogens is 318 g/mol. The van der Waals surface area contributed by atoms with Crippen LogP contribution in [0.3, 0.4) is 0 Å². The van der Waals surface area contributed by atoms with E-state index in [2.05, 4.69) is 74.4 Å². The molecule has 0 heterocycles. The summed E-state index contributed by atoms with van der Waals surface area (Å²) in [7, 11) is 4.21. The molecular formula is C24H31NO. The van der Waals surface area contributed by atoms with E-state index in [-0.39, 0.29) is 5.92 Å². The number of hydrogen-bond donors (Lipinski definition) is 0. The maximum Gasteiger partial charge on any atom is 0.150 e. The number of carbonyl (C=O) groups excluding carboxylic acids is 1. The minimum atomic E-state index is -0.568. The van der Waals surface area contributed by atoms with Gasteiger partial charge in [0.1, 0.15) is 0 Å². The van der Waals surface area contributed by atoms with Crippen molar-refractivity contribution in [3.63, 3.8) is 0 Å². The van der Waals surface area contributed by atoms with Gasteiger partial charge in [-0.25, -0.2) is 0 Å². The number of nitrogens with zero attached hydrogens (tertiary/aromatic N) is 1. The van der Waals surface area contributed by atoms with E-state index >= 15 is 0 Å². The Morgan fingerprint density at radius 2 is 1.42 bits per heavy atom. The molecule has 0 amide bonds. The van der Waals surface area contributed by atoms with E-state index < -0.39 is 5.41 Å². The summed E-state index contributed by atoms with van der Waals surface area (Å²) < 4.78 is 0. The Balaban J connectivity index is 2.18. The maximum absolute atomic E-state index is 14.0. The van der Waals surface area contributed by atoms with Crippen LogP contribution in [0, 0.1) is 5.92 Å². The van der Waals surface area contributed by atoms with Crippen LogP contribution in [0.4, 0.5) is 0 Å². The van der Waals surface area contributed by atoms with Gasteiger partial charge in [-0.05, 0) is 51.4 Å². The van der Waals surface area contributed by atoms with Crippen molar-refractivity contribution in [1.29, 1.82) is 0 Å². The fourth-order valence-electron chi connectivity index (χ4n) is 4.39. The minimum absolute atomic E-state index is 0.185. The van der Waals surface area contributed by atoms with Crippen molar-refractivity contribution in [2.24, 2.45) is 5.92 Å². The average Bonchev–Trinajstić information content (AvgIpc) is 3.21. The second-order valence-corrected chi connectivity index (χ2v) is 8.00. The molecule has 1 fully saturated rings. The van der Waals surface area contributed by atoms with Gasteiger partial charge in [0.2, 0.25) is 0 Å². The SMILES string of the molecule is C[C@@H](CC(C(=O)C1CCCC1)(c1ccccc1)c1ccccc1)N(C)C. The first-order valence-corrected chi connectivity index (χ1v) is 9.87. The number of rotatable bonds is 7. The van der Waals surface area contributed by atoms with Crippen LogP contribution < -0.4 is 0 Å². The largest absolute Gasteiger partial charge is 0.307 e. The molecule has 1 saturated carbocycles. The Hall–Kier alpha value is -1.93. The lowest BCUT2D eigenvalue weighted by Gasteiger charge is -2.39. The molecule has 138 valence electrons.